The summed E-state index contributed by atoms with van der Waals surface area (Å²) < 4.78 is 6.08. The van der Waals surface area contributed by atoms with Crippen molar-refractivity contribution < 1.29 is 9.53 Å². The summed E-state index contributed by atoms with van der Waals surface area (Å²) in [5.41, 5.74) is 1.72. The molecule has 1 N–H and O–H groups in total. The van der Waals surface area contributed by atoms with Crippen LogP contribution in [0.3, 0.4) is 0 Å². The third-order valence-corrected chi connectivity index (χ3v) is 4.18. The minimum atomic E-state index is -0.124. The van der Waals surface area contributed by atoms with Gasteiger partial charge in [-0.2, -0.15) is 0 Å². The van der Waals surface area contributed by atoms with E-state index >= 15 is 0 Å². The van der Waals surface area contributed by atoms with Gasteiger partial charge in [0.2, 0.25) is 0 Å². The summed E-state index contributed by atoms with van der Waals surface area (Å²) in [7, 11) is 3.86. The van der Waals surface area contributed by atoms with Crippen LogP contribution in [-0.2, 0) is 0 Å². The van der Waals surface area contributed by atoms with Crippen LogP contribution >= 0.6 is 0 Å². The number of likely N-dealkylation sites (tertiary alicyclic amines) is 1. The first-order valence-corrected chi connectivity index (χ1v) is 8.30. The minimum absolute atomic E-state index is 0.0383. The Hall–Kier alpha value is -2.83. The van der Waals surface area contributed by atoms with E-state index in [1.165, 1.54) is 0 Å². The summed E-state index contributed by atoms with van der Waals surface area (Å²) in [4.78, 5) is 24.5. The molecule has 1 aliphatic heterocycles. The number of hydrogen-bond donors (Lipinski definition) is 1. The van der Waals surface area contributed by atoms with Crippen LogP contribution in [0.1, 0.15) is 12.0 Å². The van der Waals surface area contributed by atoms with Gasteiger partial charge in [0.25, 0.3) is 0 Å². The molecule has 1 saturated heterocycles. The molecule has 7 heteroatoms. The second-order valence-corrected chi connectivity index (χ2v) is 6.31. The number of nitrogens with zero attached hydrogens (tertiary/aromatic N) is 4. The summed E-state index contributed by atoms with van der Waals surface area (Å²) in [6.45, 7) is 3.15. The zero-order chi connectivity index (χ0) is 17.8. The van der Waals surface area contributed by atoms with Gasteiger partial charge in [0, 0.05) is 39.5 Å². The van der Waals surface area contributed by atoms with E-state index in [9.17, 15) is 4.79 Å². The fourth-order valence-corrected chi connectivity index (χ4v) is 2.79. The molecule has 3 heterocycles. The van der Waals surface area contributed by atoms with Crippen LogP contribution < -0.4 is 15.0 Å². The predicted molar refractivity (Wildman–Crippen MR) is 97.2 cm³/mol. The third kappa shape index (κ3) is 3.99. The molecule has 0 bridgehead atoms. The van der Waals surface area contributed by atoms with E-state index in [4.69, 9.17) is 4.74 Å². The van der Waals surface area contributed by atoms with Gasteiger partial charge in [0.15, 0.2) is 11.6 Å². The van der Waals surface area contributed by atoms with Crippen LogP contribution in [0, 0.1) is 6.92 Å². The Morgan fingerprint density at radius 1 is 1.36 bits per heavy atom. The van der Waals surface area contributed by atoms with Crippen molar-refractivity contribution >= 4 is 17.5 Å². The molecule has 2 amide bonds. The molecule has 0 saturated carbocycles. The second-order valence-electron chi connectivity index (χ2n) is 6.31. The number of hydrogen-bond acceptors (Lipinski definition) is 5. The van der Waals surface area contributed by atoms with Crippen molar-refractivity contribution in [3.63, 3.8) is 0 Å². The molecular weight excluding hydrogens is 318 g/mol. The van der Waals surface area contributed by atoms with Gasteiger partial charge in [-0.1, -0.05) is 0 Å². The lowest BCUT2D eigenvalue weighted by atomic mass is 10.2. The van der Waals surface area contributed by atoms with E-state index < -0.39 is 0 Å². The molecular formula is C18H23N5O2. The number of anilines is 2. The highest BCUT2D eigenvalue weighted by Gasteiger charge is 2.28. The van der Waals surface area contributed by atoms with Crippen molar-refractivity contribution in [3.8, 4) is 5.75 Å². The first-order chi connectivity index (χ1) is 12.0. The highest BCUT2D eigenvalue weighted by atomic mass is 16.5. The number of urea groups is 1. The van der Waals surface area contributed by atoms with Crippen LogP contribution in [0.2, 0.25) is 0 Å². The molecule has 0 aliphatic carbocycles. The maximum atomic E-state index is 12.5. The molecule has 2 aromatic heterocycles. The standard InChI is InChI=1S/C18H23N5O2/c1-13-6-9-19-11-15(13)21-18(24)23-10-7-14(12-23)25-16-5-4-8-20-17(16)22(2)3/h4-6,8-9,11,14H,7,10,12H2,1-3H3,(H,21,24). The molecule has 3 rings (SSSR count). The molecule has 0 aromatic carbocycles. The zero-order valence-electron chi connectivity index (χ0n) is 14.8. The van der Waals surface area contributed by atoms with Crippen LogP contribution in [0.25, 0.3) is 0 Å². The van der Waals surface area contributed by atoms with Gasteiger partial charge in [-0.15, -0.1) is 0 Å². The van der Waals surface area contributed by atoms with E-state index in [0.29, 0.717) is 13.1 Å². The maximum Gasteiger partial charge on any atom is 0.322 e. The van der Waals surface area contributed by atoms with Crippen molar-refractivity contribution in [2.75, 3.05) is 37.4 Å². The van der Waals surface area contributed by atoms with Gasteiger partial charge in [0.1, 0.15) is 6.10 Å². The number of amides is 2. The number of aromatic nitrogens is 2. The average Bonchev–Trinajstić information content (AvgIpc) is 3.06. The largest absolute Gasteiger partial charge is 0.485 e. The van der Waals surface area contributed by atoms with E-state index in [-0.39, 0.29) is 12.1 Å². The van der Waals surface area contributed by atoms with Crippen LogP contribution in [0.4, 0.5) is 16.3 Å². The Morgan fingerprint density at radius 2 is 2.20 bits per heavy atom. The fourth-order valence-electron chi connectivity index (χ4n) is 2.79. The van der Waals surface area contributed by atoms with Crippen LogP contribution in [-0.4, -0.2) is 54.2 Å². The predicted octanol–water partition coefficient (Wildman–Crippen LogP) is 2.54. The van der Waals surface area contributed by atoms with Crippen molar-refractivity contribution in [2.45, 2.75) is 19.4 Å². The molecule has 1 unspecified atom stereocenters. The molecule has 1 atom stereocenters. The first-order valence-electron chi connectivity index (χ1n) is 8.30. The third-order valence-electron chi connectivity index (χ3n) is 4.18. The Labute approximate surface area is 147 Å². The first kappa shape index (κ1) is 17.0. The lowest BCUT2D eigenvalue weighted by Crippen LogP contribution is -2.34. The van der Waals surface area contributed by atoms with Crippen molar-refractivity contribution in [1.82, 2.24) is 14.9 Å². The second kappa shape index (κ2) is 7.38. The number of carbonyl (C=O) groups excluding carboxylic acids is 1. The Bertz CT molecular complexity index is 750. The van der Waals surface area contributed by atoms with Gasteiger partial charge < -0.3 is 19.9 Å². The summed E-state index contributed by atoms with van der Waals surface area (Å²) in [5, 5.41) is 2.91. The molecule has 0 radical (unpaired) electrons. The lowest BCUT2D eigenvalue weighted by molar-refractivity contribution is 0.195. The molecule has 1 fully saturated rings. The SMILES string of the molecule is Cc1ccncc1NC(=O)N1CCC(Oc2cccnc2N(C)C)C1. The van der Waals surface area contributed by atoms with Gasteiger partial charge in [-0.3, -0.25) is 4.98 Å². The average molecular weight is 341 g/mol. The number of aryl methyl sites for hydroxylation is 1. The van der Waals surface area contributed by atoms with Crippen molar-refractivity contribution in [3.05, 3.63) is 42.4 Å². The summed E-state index contributed by atoms with van der Waals surface area (Å²) in [5.74, 6) is 1.53. The minimum Gasteiger partial charge on any atom is -0.485 e. The highest BCUT2D eigenvalue weighted by Crippen LogP contribution is 2.27. The van der Waals surface area contributed by atoms with E-state index in [1.807, 2.05) is 44.1 Å². The van der Waals surface area contributed by atoms with E-state index in [2.05, 4.69) is 15.3 Å². The number of rotatable bonds is 4. The van der Waals surface area contributed by atoms with Gasteiger partial charge in [0.05, 0.1) is 18.4 Å². The highest BCUT2D eigenvalue weighted by molar-refractivity contribution is 5.90. The van der Waals surface area contributed by atoms with Gasteiger partial charge in [-0.25, -0.2) is 9.78 Å². The van der Waals surface area contributed by atoms with Gasteiger partial charge >= 0.3 is 6.03 Å². The van der Waals surface area contributed by atoms with E-state index in [0.717, 1.165) is 29.2 Å². The molecule has 25 heavy (non-hydrogen) atoms. The van der Waals surface area contributed by atoms with Crippen LogP contribution in [0.15, 0.2) is 36.8 Å². The van der Waals surface area contributed by atoms with Gasteiger partial charge in [-0.05, 0) is 30.7 Å². The molecule has 2 aromatic rings. The fraction of sp³-hybridized carbons (Fsp3) is 0.389. The molecule has 1 aliphatic rings. The Balaban J connectivity index is 1.60. The topological polar surface area (TPSA) is 70.6 Å². The molecule has 132 valence electrons. The number of ether oxygens (including phenoxy) is 1. The Kier molecular flexibility index (Phi) is 5.02. The zero-order valence-corrected chi connectivity index (χ0v) is 14.8. The summed E-state index contributed by atoms with van der Waals surface area (Å²) in [6, 6.07) is 5.51. The number of carbonyl (C=O) groups is 1. The number of pyridine rings is 2. The van der Waals surface area contributed by atoms with Crippen LogP contribution in [0.5, 0.6) is 5.75 Å². The normalized spacial score (nSPS) is 16.6. The van der Waals surface area contributed by atoms with Crippen molar-refractivity contribution in [1.29, 1.82) is 0 Å². The molecule has 0 spiro atoms. The molecule has 7 nitrogen and oxygen atoms in total. The summed E-state index contributed by atoms with van der Waals surface area (Å²) in [6.07, 6.45) is 5.87. The smallest absolute Gasteiger partial charge is 0.322 e. The van der Waals surface area contributed by atoms with Crippen molar-refractivity contribution in [2.24, 2.45) is 0 Å². The number of nitrogens with one attached hydrogen (secondary N) is 1. The lowest BCUT2D eigenvalue weighted by Gasteiger charge is -2.20. The summed E-state index contributed by atoms with van der Waals surface area (Å²) >= 11 is 0. The monoisotopic (exact) mass is 341 g/mol. The van der Waals surface area contributed by atoms with E-state index in [1.54, 1.807) is 23.5 Å². The Morgan fingerprint density at radius 3 is 2.96 bits per heavy atom. The quantitative estimate of drug-likeness (QED) is 0.925. The maximum absolute atomic E-state index is 12.5.